The molecule has 0 saturated carbocycles. The molecule has 1 aliphatic rings. The van der Waals surface area contributed by atoms with Gasteiger partial charge in [-0.25, -0.2) is 9.97 Å². The van der Waals surface area contributed by atoms with E-state index >= 15 is 0 Å². The van der Waals surface area contributed by atoms with Gasteiger partial charge >= 0.3 is 0 Å². The van der Waals surface area contributed by atoms with Crippen LogP contribution in [0, 0.1) is 0 Å². The Balaban J connectivity index is 1.39. The molecule has 0 fully saturated rings. The summed E-state index contributed by atoms with van der Waals surface area (Å²) in [5.74, 6) is 0. The lowest BCUT2D eigenvalue weighted by atomic mass is 9.82. The predicted octanol–water partition coefficient (Wildman–Crippen LogP) is 8.37. The monoisotopic (exact) mass is 527 g/mol. The van der Waals surface area contributed by atoms with E-state index in [0.717, 1.165) is 55.6 Å². The second-order valence-electron chi connectivity index (χ2n) is 11.4. The van der Waals surface area contributed by atoms with Crippen molar-refractivity contribution in [3.63, 3.8) is 0 Å². The second-order valence-corrected chi connectivity index (χ2v) is 11.4. The van der Waals surface area contributed by atoms with E-state index in [1.165, 1.54) is 22.3 Å². The van der Waals surface area contributed by atoms with Crippen LogP contribution in [-0.2, 0) is 5.41 Å². The van der Waals surface area contributed by atoms with Gasteiger partial charge in [0.2, 0.25) is 0 Å². The lowest BCUT2D eigenvalue weighted by Crippen LogP contribution is -2.15. The predicted molar refractivity (Wildman–Crippen MR) is 166 cm³/mol. The quantitative estimate of drug-likeness (QED) is 0.227. The normalized spacial score (nSPS) is 13.8. The maximum absolute atomic E-state index is 5.40. The first-order chi connectivity index (χ1) is 20.1. The van der Waals surface area contributed by atoms with Gasteiger partial charge in [-0.15, -0.1) is 0 Å². The third kappa shape index (κ3) is 2.92. The van der Waals surface area contributed by atoms with Crippen LogP contribution in [0.15, 0.2) is 115 Å². The molecule has 1 aliphatic carbocycles. The van der Waals surface area contributed by atoms with Crippen LogP contribution in [0.4, 0.5) is 0 Å². The summed E-state index contributed by atoms with van der Waals surface area (Å²) in [7, 11) is 0. The van der Waals surface area contributed by atoms with Gasteiger partial charge < -0.3 is 0 Å². The SMILES string of the molecule is CC1(C)c2ccccc2-c2ccc(-n3c4cccnc4c4nc5c6ccccc6n(-c6ccccc6)c5nc43)cc21. The Morgan fingerprint density at radius 1 is 0.537 bits per heavy atom. The highest BCUT2D eigenvalue weighted by Gasteiger charge is 2.35. The molecular formula is C36H25N5. The number of aromatic nitrogens is 5. The molecule has 0 unspecified atom stereocenters. The molecule has 5 heteroatoms. The molecule has 5 nitrogen and oxygen atoms in total. The van der Waals surface area contributed by atoms with Crippen molar-refractivity contribution in [2.75, 3.05) is 0 Å². The molecule has 0 amide bonds. The number of benzene rings is 4. The number of rotatable bonds is 2. The number of fused-ring (bicyclic) bond motifs is 9. The molecule has 4 heterocycles. The summed E-state index contributed by atoms with van der Waals surface area (Å²) in [6.07, 6.45) is 1.84. The highest BCUT2D eigenvalue weighted by Crippen LogP contribution is 2.49. The number of nitrogens with zero attached hydrogens (tertiary/aromatic N) is 5. The van der Waals surface area contributed by atoms with E-state index in [1.54, 1.807) is 0 Å². The van der Waals surface area contributed by atoms with E-state index in [4.69, 9.17) is 15.0 Å². The summed E-state index contributed by atoms with van der Waals surface area (Å²) in [5, 5.41) is 1.08. The molecule has 194 valence electrons. The van der Waals surface area contributed by atoms with E-state index < -0.39 is 0 Å². The maximum Gasteiger partial charge on any atom is 0.168 e. The maximum atomic E-state index is 5.40. The lowest BCUT2D eigenvalue weighted by Gasteiger charge is -2.22. The van der Waals surface area contributed by atoms with Crippen LogP contribution in [0.3, 0.4) is 0 Å². The van der Waals surface area contributed by atoms with Crippen molar-refractivity contribution >= 4 is 44.3 Å². The van der Waals surface area contributed by atoms with E-state index in [9.17, 15) is 0 Å². The van der Waals surface area contributed by atoms with E-state index in [1.807, 2.05) is 18.3 Å². The fourth-order valence-corrected chi connectivity index (χ4v) is 6.86. The summed E-state index contributed by atoms with van der Waals surface area (Å²) in [6.45, 7) is 4.63. The van der Waals surface area contributed by atoms with Crippen molar-refractivity contribution in [2.45, 2.75) is 19.3 Å². The van der Waals surface area contributed by atoms with Crippen molar-refractivity contribution in [2.24, 2.45) is 0 Å². The van der Waals surface area contributed by atoms with Crippen LogP contribution in [0.2, 0.25) is 0 Å². The van der Waals surface area contributed by atoms with Crippen LogP contribution in [0.5, 0.6) is 0 Å². The zero-order valence-corrected chi connectivity index (χ0v) is 22.7. The molecule has 0 spiro atoms. The Morgan fingerprint density at radius 2 is 1.24 bits per heavy atom. The Morgan fingerprint density at radius 3 is 2.15 bits per heavy atom. The summed E-state index contributed by atoms with van der Waals surface area (Å²) < 4.78 is 4.45. The molecule has 41 heavy (non-hydrogen) atoms. The zero-order chi connectivity index (χ0) is 27.3. The largest absolute Gasteiger partial charge is 0.292 e. The minimum Gasteiger partial charge on any atom is -0.292 e. The molecule has 4 aromatic carbocycles. The smallest absolute Gasteiger partial charge is 0.168 e. The molecule has 0 atom stereocenters. The number of pyridine rings is 1. The fraction of sp³-hybridized carbons (Fsp3) is 0.0833. The minimum atomic E-state index is -0.0996. The van der Waals surface area contributed by atoms with Crippen molar-refractivity contribution in [1.29, 1.82) is 0 Å². The van der Waals surface area contributed by atoms with Crippen molar-refractivity contribution in [3.8, 4) is 22.5 Å². The van der Waals surface area contributed by atoms with Crippen molar-refractivity contribution < 1.29 is 0 Å². The van der Waals surface area contributed by atoms with Gasteiger partial charge in [-0.1, -0.05) is 80.6 Å². The molecular weight excluding hydrogens is 502 g/mol. The molecule has 0 N–H and O–H groups in total. The van der Waals surface area contributed by atoms with Crippen molar-refractivity contribution in [3.05, 3.63) is 127 Å². The first-order valence-electron chi connectivity index (χ1n) is 14.0. The summed E-state index contributed by atoms with van der Waals surface area (Å²) in [6, 6.07) is 38.5. The number of hydrogen-bond acceptors (Lipinski definition) is 3. The number of para-hydroxylation sites is 2. The van der Waals surface area contributed by atoms with Crippen LogP contribution in [-0.4, -0.2) is 24.1 Å². The second kappa shape index (κ2) is 7.89. The first-order valence-corrected chi connectivity index (χ1v) is 14.0. The highest BCUT2D eigenvalue weighted by atomic mass is 15.1. The molecule has 8 aromatic rings. The summed E-state index contributed by atoms with van der Waals surface area (Å²) in [4.78, 5) is 15.5. The fourth-order valence-electron chi connectivity index (χ4n) is 6.86. The standard InChI is InChI=1S/C36H25N5/c1-36(2)27-15-8-6-13-24(27)25-19-18-23(21-28(25)36)41-30-17-10-20-37-32(30)33-35(41)39-34-31(38-33)26-14-7-9-16-29(26)40(34)22-11-4-3-5-12-22/h3-21H,1-2H3. The Bertz CT molecular complexity index is 2340. The van der Waals surface area contributed by atoms with Gasteiger partial charge in [0.25, 0.3) is 0 Å². The van der Waals surface area contributed by atoms with E-state index in [2.05, 4.69) is 120 Å². The van der Waals surface area contributed by atoms with Crippen molar-refractivity contribution in [1.82, 2.24) is 24.1 Å². The van der Waals surface area contributed by atoms with Gasteiger partial charge in [0.15, 0.2) is 11.3 Å². The van der Waals surface area contributed by atoms with E-state index in [-0.39, 0.29) is 5.41 Å². The van der Waals surface area contributed by atoms with E-state index in [0.29, 0.717) is 0 Å². The van der Waals surface area contributed by atoms with Crippen LogP contribution in [0.25, 0.3) is 66.8 Å². The number of hydrogen-bond donors (Lipinski definition) is 0. The van der Waals surface area contributed by atoms with Gasteiger partial charge in [-0.2, -0.15) is 0 Å². The molecule has 0 aliphatic heterocycles. The minimum absolute atomic E-state index is 0.0996. The van der Waals surface area contributed by atoms with Gasteiger partial charge in [0.05, 0.1) is 11.0 Å². The molecule has 0 saturated heterocycles. The van der Waals surface area contributed by atoms with Gasteiger partial charge in [-0.3, -0.25) is 14.1 Å². The molecule has 0 radical (unpaired) electrons. The van der Waals surface area contributed by atoms with Crippen LogP contribution in [0.1, 0.15) is 25.0 Å². The highest BCUT2D eigenvalue weighted by molar-refractivity contribution is 6.11. The molecule has 4 aromatic heterocycles. The van der Waals surface area contributed by atoms with Gasteiger partial charge in [0.1, 0.15) is 16.6 Å². The first kappa shape index (κ1) is 22.5. The third-order valence-corrected chi connectivity index (χ3v) is 8.77. The lowest BCUT2D eigenvalue weighted by molar-refractivity contribution is 0.660. The third-order valence-electron chi connectivity index (χ3n) is 8.77. The molecule has 0 bridgehead atoms. The average molecular weight is 528 g/mol. The topological polar surface area (TPSA) is 48.5 Å². The van der Waals surface area contributed by atoms with Gasteiger partial charge in [-0.05, 0) is 64.7 Å². The Hall–Kier alpha value is -5.29. The zero-order valence-electron chi connectivity index (χ0n) is 22.7. The average Bonchev–Trinajstić information content (AvgIpc) is 3.60. The molecule has 9 rings (SSSR count). The Kier molecular flexibility index (Phi) is 4.33. The van der Waals surface area contributed by atoms with Crippen LogP contribution >= 0.6 is 0 Å². The van der Waals surface area contributed by atoms with Crippen LogP contribution < -0.4 is 0 Å². The Labute approximate surface area is 236 Å². The summed E-state index contributed by atoms with van der Waals surface area (Å²) >= 11 is 0. The van der Waals surface area contributed by atoms with Gasteiger partial charge in [0, 0.05) is 28.4 Å². The summed E-state index contributed by atoms with van der Waals surface area (Å²) in [5.41, 5.74) is 13.6.